The summed E-state index contributed by atoms with van der Waals surface area (Å²) in [5.74, 6) is 0.669. The number of halogens is 1. The molecule has 0 bridgehead atoms. The Labute approximate surface area is 168 Å². The maximum absolute atomic E-state index is 12.0. The van der Waals surface area contributed by atoms with Crippen LogP contribution in [0, 0.1) is 0 Å². The zero-order valence-electron chi connectivity index (χ0n) is 16.1. The first-order chi connectivity index (χ1) is 13.2. The zero-order chi connectivity index (χ0) is 20.5. The second-order valence-corrected chi connectivity index (χ2v) is 8.34. The lowest BCUT2D eigenvalue weighted by Crippen LogP contribution is -2.50. The van der Waals surface area contributed by atoms with Crippen LogP contribution in [0.2, 0.25) is 5.02 Å². The highest BCUT2D eigenvalue weighted by atomic mass is 35.5. The van der Waals surface area contributed by atoms with Crippen LogP contribution >= 0.6 is 11.6 Å². The lowest BCUT2D eigenvalue weighted by molar-refractivity contribution is 0.0718. The standard InChI is InChI=1S/C19H24ClN5O3/c1-19(2,3)24(18(27)28)13-5-4-12(10-13)23-16-7-6-14(11-21-16)25-17(26)15(20)8-9-22-25/h6-9,11-13H,4-5,10H2,1-3H3,(H,21,23)(H,27,28)/t12-,13-/m0/s1. The molecule has 9 heteroatoms. The van der Waals surface area contributed by atoms with E-state index >= 15 is 0 Å². The van der Waals surface area contributed by atoms with E-state index < -0.39 is 17.2 Å². The van der Waals surface area contributed by atoms with Gasteiger partial charge in [-0.1, -0.05) is 11.6 Å². The van der Waals surface area contributed by atoms with Gasteiger partial charge in [0.2, 0.25) is 0 Å². The van der Waals surface area contributed by atoms with E-state index in [0.717, 1.165) is 19.3 Å². The molecule has 2 aromatic rings. The molecule has 1 fully saturated rings. The third kappa shape index (κ3) is 4.27. The van der Waals surface area contributed by atoms with Crippen LogP contribution in [-0.4, -0.2) is 48.5 Å². The summed E-state index contributed by atoms with van der Waals surface area (Å²) in [5, 5.41) is 17.0. The summed E-state index contributed by atoms with van der Waals surface area (Å²) in [6.07, 6.45) is 4.52. The first kappa shape index (κ1) is 20.1. The molecule has 0 radical (unpaired) electrons. The van der Waals surface area contributed by atoms with Crippen molar-refractivity contribution in [2.45, 2.75) is 57.7 Å². The van der Waals surface area contributed by atoms with Crippen LogP contribution in [0.25, 0.3) is 5.69 Å². The van der Waals surface area contributed by atoms with Crippen molar-refractivity contribution in [1.82, 2.24) is 19.7 Å². The van der Waals surface area contributed by atoms with Gasteiger partial charge >= 0.3 is 6.09 Å². The van der Waals surface area contributed by atoms with Gasteiger partial charge < -0.3 is 15.3 Å². The summed E-state index contributed by atoms with van der Waals surface area (Å²) in [5.41, 5.74) is -0.323. The third-order valence-electron chi connectivity index (χ3n) is 4.84. The molecule has 2 aromatic heterocycles. The Hall–Kier alpha value is -2.61. The Morgan fingerprint density at radius 2 is 2.07 bits per heavy atom. The molecule has 2 N–H and O–H groups in total. The fourth-order valence-corrected chi connectivity index (χ4v) is 3.83. The largest absolute Gasteiger partial charge is 0.465 e. The van der Waals surface area contributed by atoms with Gasteiger partial charge in [-0.05, 0) is 58.2 Å². The summed E-state index contributed by atoms with van der Waals surface area (Å²) in [6, 6.07) is 5.07. The number of nitrogens with one attached hydrogen (secondary N) is 1. The molecule has 28 heavy (non-hydrogen) atoms. The maximum Gasteiger partial charge on any atom is 0.407 e. The topological polar surface area (TPSA) is 100 Å². The summed E-state index contributed by atoms with van der Waals surface area (Å²) < 4.78 is 1.19. The number of hydrogen-bond donors (Lipinski definition) is 2. The maximum atomic E-state index is 12.0. The number of hydrogen-bond acceptors (Lipinski definition) is 5. The number of rotatable bonds is 4. The van der Waals surface area contributed by atoms with Crippen molar-refractivity contribution in [3.05, 3.63) is 46.0 Å². The molecular weight excluding hydrogens is 382 g/mol. The van der Waals surface area contributed by atoms with Crippen LogP contribution < -0.4 is 10.9 Å². The molecule has 0 aromatic carbocycles. The molecule has 2 atom stereocenters. The fraction of sp³-hybridized carbons (Fsp3) is 0.474. The van der Waals surface area contributed by atoms with E-state index in [1.165, 1.54) is 16.9 Å². The van der Waals surface area contributed by atoms with Crippen molar-refractivity contribution in [3.8, 4) is 5.69 Å². The molecule has 150 valence electrons. The second kappa shape index (κ2) is 7.79. The van der Waals surface area contributed by atoms with Crippen molar-refractivity contribution in [1.29, 1.82) is 0 Å². The average Bonchev–Trinajstić information content (AvgIpc) is 3.04. The van der Waals surface area contributed by atoms with E-state index in [4.69, 9.17) is 11.6 Å². The summed E-state index contributed by atoms with van der Waals surface area (Å²) in [6.45, 7) is 5.73. The van der Waals surface area contributed by atoms with E-state index in [-0.39, 0.29) is 17.1 Å². The fourth-order valence-electron chi connectivity index (χ4n) is 3.69. The lowest BCUT2D eigenvalue weighted by Gasteiger charge is -2.38. The van der Waals surface area contributed by atoms with Gasteiger partial charge in [0.05, 0.1) is 11.9 Å². The predicted molar refractivity (Wildman–Crippen MR) is 107 cm³/mol. The van der Waals surface area contributed by atoms with Crippen LogP contribution in [0.4, 0.5) is 10.6 Å². The molecule has 2 heterocycles. The Morgan fingerprint density at radius 1 is 1.32 bits per heavy atom. The minimum atomic E-state index is -0.889. The van der Waals surface area contributed by atoms with Gasteiger partial charge in [-0.15, -0.1) is 0 Å². The molecule has 0 saturated heterocycles. The quantitative estimate of drug-likeness (QED) is 0.808. The molecule has 1 saturated carbocycles. The van der Waals surface area contributed by atoms with E-state index in [1.807, 2.05) is 20.8 Å². The van der Waals surface area contributed by atoms with E-state index in [2.05, 4.69) is 15.4 Å². The van der Waals surface area contributed by atoms with Crippen molar-refractivity contribution < 1.29 is 9.90 Å². The molecule has 3 rings (SSSR count). The first-order valence-corrected chi connectivity index (χ1v) is 9.53. The van der Waals surface area contributed by atoms with E-state index in [1.54, 1.807) is 23.2 Å². The summed E-state index contributed by atoms with van der Waals surface area (Å²) in [4.78, 5) is 29.6. The van der Waals surface area contributed by atoms with Crippen molar-refractivity contribution in [2.75, 3.05) is 5.32 Å². The number of pyridine rings is 1. The van der Waals surface area contributed by atoms with Gasteiger partial charge in [0, 0.05) is 23.8 Å². The van der Waals surface area contributed by atoms with Crippen LogP contribution in [0.3, 0.4) is 0 Å². The number of carboxylic acid groups (broad SMARTS) is 1. The van der Waals surface area contributed by atoms with Crippen molar-refractivity contribution in [3.63, 3.8) is 0 Å². The molecule has 0 unspecified atom stereocenters. The van der Waals surface area contributed by atoms with Crippen LogP contribution in [0.15, 0.2) is 35.4 Å². The minimum absolute atomic E-state index is 0.0245. The highest BCUT2D eigenvalue weighted by Gasteiger charge is 2.37. The lowest BCUT2D eigenvalue weighted by atomic mass is 10.0. The number of aromatic nitrogens is 3. The van der Waals surface area contributed by atoms with Crippen LogP contribution in [-0.2, 0) is 0 Å². The van der Waals surface area contributed by atoms with Gasteiger partial charge in [0.1, 0.15) is 10.8 Å². The number of nitrogens with zero attached hydrogens (tertiary/aromatic N) is 4. The second-order valence-electron chi connectivity index (χ2n) is 7.93. The Kier molecular flexibility index (Phi) is 5.60. The van der Waals surface area contributed by atoms with Gasteiger partial charge in [-0.25, -0.2) is 9.78 Å². The van der Waals surface area contributed by atoms with Crippen LogP contribution in [0.5, 0.6) is 0 Å². The molecule has 1 aliphatic carbocycles. The number of anilines is 1. The SMILES string of the molecule is CC(C)(C)N(C(=O)O)[C@H]1CC[C@H](Nc2ccc(-n3nccc(Cl)c3=O)cn2)C1. The molecular formula is C19H24ClN5O3. The highest BCUT2D eigenvalue weighted by molar-refractivity contribution is 6.30. The molecule has 1 amide bonds. The highest BCUT2D eigenvalue weighted by Crippen LogP contribution is 2.31. The van der Waals surface area contributed by atoms with Crippen molar-refractivity contribution >= 4 is 23.5 Å². The smallest absolute Gasteiger partial charge is 0.407 e. The summed E-state index contributed by atoms with van der Waals surface area (Å²) >= 11 is 5.85. The monoisotopic (exact) mass is 405 g/mol. The Bertz CT molecular complexity index is 907. The number of carbonyl (C=O) groups is 1. The average molecular weight is 406 g/mol. The van der Waals surface area contributed by atoms with Gasteiger partial charge in [-0.2, -0.15) is 9.78 Å². The predicted octanol–water partition coefficient (Wildman–Crippen LogP) is 3.39. The van der Waals surface area contributed by atoms with Gasteiger partial charge in [-0.3, -0.25) is 4.79 Å². The van der Waals surface area contributed by atoms with Crippen molar-refractivity contribution in [2.24, 2.45) is 0 Å². The Balaban J connectivity index is 1.68. The number of amides is 1. The van der Waals surface area contributed by atoms with Gasteiger partial charge in [0.15, 0.2) is 0 Å². The van der Waals surface area contributed by atoms with E-state index in [0.29, 0.717) is 11.5 Å². The van der Waals surface area contributed by atoms with Crippen LogP contribution in [0.1, 0.15) is 40.0 Å². The van der Waals surface area contributed by atoms with Gasteiger partial charge in [0.25, 0.3) is 5.56 Å². The third-order valence-corrected chi connectivity index (χ3v) is 5.13. The molecule has 0 spiro atoms. The molecule has 0 aliphatic heterocycles. The molecule has 1 aliphatic rings. The van der Waals surface area contributed by atoms with E-state index in [9.17, 15) is 14.7 Å². The zero-order valence-corrected chi connectivity index (χ0v) is 16.8. The minimum Gasteiger partial charge on any atom is -0.465 e. The normalized spacial score (nSPS) is 19.4. The molecule has 8 nitrogen and oxygen atoms in total. The Morgan fingerprint density at radius 3 is 2.68 bits per heavy atom. The summed E-state index contributed by atoms with van der Waals surface area (Å²) in [7, 11) is 0. The first-order valence-electron chi connectivity index (χ1n) is 9.16.